The Kier molecular flexibility index (Phi) is 3.16. The van der Waals surface area contributed by atoms with Crippen LogP contribution in [0.1, 0.15) is 12.8 Å². The molecule has 0 saturated carbocycles. The van der Waals surface area contributed by atoms with Crippen LogP contribution in [0, 0.1) is 0 Å². The Morgan fingerprint density at radius 3 is 2.81 bits per heavy atom. The Labute approximate surface area is 95.2 Å². The van der Waals surface area contributed by atoms with Gasteiger partial charge in [0.25, 0.3) is 0 Å². The highest BCUT2D eigenvalue weighted by Crippen LogP contribution is 2.23. The van der Waals surface area contributed by atoms with Gasteiger partial charge in [-0.05, 0) is 37.6 Å². The highest BCUT2D eigenvalue weighted by molar-refractivity contribution is 7.92. The minimum absolute atomic E-state index is 0.00940. The number of hydrogen-bond donors (Lipinski definition) is 2. The molecule has 0 bridgehead atoms. The summed E-state index contributed by atoms with van der Waals surface area (Å²) >= 11 is 0. The van der Waals surface area contributed by atoms with Gasteiger partial charge in [-0.2, -0.15) is 0 Å². The van der Waals surface area contributed by atoms with Gasteiger partial charge in [0.15, 0.2) is 9.84 Å². The number of benzene rings is 1. The van der Waals surface area contributed by atoms with Crippen molar-refractivity contribution < 1.29 is 13.5 Å². The van der Waals surface area contributed by atoms with Crippen LogP contribution in [0.2, 0.25) is 0 Å². The summed E-state index contributed by atoms with van der Waals surface area (Å²) in [5, 5.41) is 12.0. The summed E-state index contributed by atoms with van der Waals surface area (Å²) in [7, 11) is -3.31. The average Bonchev–Trinajstić information content (AvgIpc) is 2.30. The first-order chi connectivity index (χ1) is 7.60. The second-order valence-electron chi connectivity index (χ2n) is 4.01. The number of aromatic hydroxyl groups is 1. The molecule has 0 spiro atoms. The molecular formula is C11H15NO3S. The number of hydrogen-bond acceptors (Lipinski definition) is 4. The van der Waals surface area contributed by atoms with E-state index in [1.54, 1.807) is 6.07 Å². The van der Waals surface area contributed by atoms with Gasteiger partial charge < -0.3 is 10.4 Å². The lowest BCUT2D eigenvalue weighted by atomic mass is 10.2. The van der Waals surface area contributed by atoms with Gasteiger partial charge in [-0.15, -0.1) is 0 Å². The largest absolute Gasteiger partial charge is 0.508 e. The number of phenolic OH excluding ortho intramolecular Hbond substituents is 1. The topological polar surface area (TPSA) is 66.4 Å². The molecule has 0 amide bonds. The van der Waals surface area contributed by atoms with Crippen molar-refractivity contribution in [3.05, 3.63) is 24.3 Å². The first-order valence-electron chi connectivity index (χ1n) is 5.34. The van der Waals surface area contributed by atoms with Crippen molar-refractivity contribution in [3.63, 3.8) is 0 Å². The zero-order valence-electron chi connectivity index (χ0n) is 8.89. The molecule has 0 aromatic heterocycles. The molecule has 1 aliphatic heterocycles. The number of sulfone groups is 1. The Hall–Kier alpha value is -1.07. The average molecular weight is 241 g/mol. The highest BCUT2D eigenvalue weighted by atomic mass is 32.2. The molecule has 0 radical (unpaired) electrons. The Bertz CT molecular complexity index is 464. The Balaban J connectivity index is 2.30. The van der Waals surface area contributed by atoms with Crippen LogP contribution in [0.5, 0.6) is 5.75 Å². The van der Waals surface area contributed by atoms with Crippen molar-refractivity contribution in [3.8, 4) is 5.75 Å². The maximum atomic E-state index is 12.2. The first-order valence-corrected chi connectivity index (χ1v) is 6.89. The summed E-state index contributed by atoms with van der Waals surface area (Å²) in [6.45, 7) is 1.38. The van der Waals surface area contributed by atoms with E-state index >= 15 is 0 Å². The van der Waals surface area contributed by atoms with Crippen molar-refractivity contribution in [2.45, 2.75) is 23.0 Å². The van der Waals surface area contributed by atoms with E-state index in [9.17, 15) is 13.5 Å². The molecule has 1 unspecified atom stereocenters. The number of rotatable bonds is 2. The van der Waals surface area contributed by atoms with Crippen molar-refractivity contribution in [2.75, 3.05) is 13.1 Å². The zero-order chi connectivity index (χ0) is 11.6. The summed E-state index contributed by atoms with van der Waals surface area (Å²) < 4.78 is 24.4. The molecule has 4 nitrogen and oxygen atoms in total. The molecule has 88 valence electrons. The van der Waals surface area contributed by atoms with Crippen LogP contribution in [0.3, 0.4) is 0 Å². The molecule has 2 N–H and O–H groups in total. The molecule has 16 heavy (non-hydrogen) atoms. The van der Waals surface area contributed by atoms with Gasteiger partial charge in [0.05, 0.1) is 10.1 Å². The SMILES string of the molecule is O=S(=O)(c1cccc(O)c1)C1CCCNC1. The first kappa shape index (κ1) is 11.4. The Morgan fingerprint density at radius 1 is 1.38 bits per heavy atom. The molecule has 5 heteroatoms. The molecule has 1 heterocycles. The molecule has 1 saturated heterocycles. The van der Waals surface area contributed by atoms with Crippen LogP contribution < -0.4 is 5.32 Å². The van der Waals surface area contributed by atoms with Gasteiger partial charge in [0, 0.05) is 6.54 Å². The fourth-order valence-corrected chi connectivity index (χ4v) is 3.69. The van der Waals surface area contributed by atoms with Crippen LogP contribution in [0.15, 0.2) is 29.2 Å². The quantitative estimate of drug-likeness (QED) is 0.808. The smallest absolute Gasteiger partial charge is 0.182 e. The third-order valence-corrected chi connectivity index (χ3v) is 5.03. The maximum absolute atomic E-state index is 12.2. The van der Waals surface area contributed by atoms with E-state index < -0.39 is 9.84 Å². The van der Waals surface area contributed by atoms with Gasteiger partial charge in [0.2, 0.25) is 0 Å². The van der Waals surface area contributed by atoms with Gasteiger partial charge >= 0.3 is 0 Å². The number of nitrogens with one attached hydrogen (secondary N) is 1. The third-order valence-electron chi connectivity index (χ3n) is 2.84. The van der Waals surface area contributed by atoms with Crippen LogP contribution in [-0.4, -0.2) is 31.9 Å². The minimum Gasteiger partial charge on any atom is -0.508 e. The van der Waals surface area contributed by atoms with E-state index in [1.807, 2.05) is 0 Å². The summed E-state index contributed by atoms with van der Waals surface area (Å²) in [6, 6.07) is 5.87. The van der Waals surface area contributed by atoms with Crippen LogP contribution in [0.4, 0.5) is 0 Å². The van der Waals surface area contributed by atoms with Crippen LogP contribution in [-0.2, 0) is 9.84 Å². The molecule has 1 aromatic carbocycles. The Morgan fingerprint density at radius 2 is 2.19 bits per heavy atom. The highest BCUT2D eigenvalue weighted by Gasteiger charge is 2.28. The normalized spacial score (nSPS) is 21.9. The van der Waals surface area contributed by atoms with Gasteiger partial charge in [0.1, 0.15) is 5.75 Å². The third kappa shape index (κ3) is 2.20. The summed E-state index contributed by atoms with van der Waals surface area (Å²) in [6.07, 6.45) is 1.56. The van der Waals surface area contributed by atoms with E-state index in [0.717, 1.165) is 13.0 Å². The van der Waals surface area contributed by atoms with E-state index in [2.05, 4.69) is 5.32 Å². The second-order valence-corrected chi connectivity index (χ2v) is 6.24. The molecule has 1 fully saturated rings. The molecule has 1 aliphatic rings. The second kappa shape index (κ2) is 4.43. The summed E-state index contributed by atoms with van der Waals surface area (Å²) in [5.41, 5.74) is 0. The lowest BCUT2D eigenvalue weighted by Crippen LogP contribution is -2.38. The molecule has 1 atom stereocenters. The lowest BCUT2D eigenvalue weighted by molar-refractivity contribution is 0.471. The van der Waals surface area contributed by atoms with Crippen LogP contribution >= 0.6 is 0 Å². The predicted molar refractivity (Wildman–Crippen MR) is 61.2 cm³/mol. The van der Waals surface area contributed by atoms with E-state index in [0.29, 0.717) is 13.0 Å². The standard InChI is InChI=1S/C11H15NO3S/c13-9-3-1-4-10(7-9)16(14,15)11-5-2-6-12-8-11/h1,3-4,7,11-13H,2,5-6,8H2. The van der Waals surface area contributed by atoms with Crippen molar-refractivity contribution in [1.82, 2.24) is 5.32 Å². The predicted octanol–water partition coefficient (Wildman–Crippen LogP) is 0.918. The van der Waals surface area contributed by atoms with Gasteiger partial charge in [-0.1, -0.05) is 6.07 Å². The van der Waals surface area contributed by atoms with E-state index in [-0.39, 0.29) is 15.9 Å². The van der Waals surface area contributed by atoms with Gasteiger partial charge in [-0.3, -0.25) is 0 Å². The number of phenols is 1. The number of piperidine rings is 1. The monoisotopic (exact) mass is 241 g/mol. The van der Waals surface area contributed by atoms with Crippen molar-refractivity contribution >= 4 is 9.84 Å². The lowest BCUT2D eigenvalue weighted by Gasteiger charge is -2.22. The van der Waals surface area contributed by atoms with E-state index in [1.165, 1.54) is 18.2 Å². The van der Waals surface area contributed by atoms with E-state index in [4.69, 9.17) is 0 Å². The van der Waals surface area contributed by atoms with Crippen molar-refractivity contribution in [1.29, 1.82) is 0 Å². The zero-order valence-corrected chi connectivity index (χ0v) is 9.70. The van der Waals surface area contributed by atoms with Crippen LogP contribution in [0.25, 0.3) is 0 Å². The minimum atomic E-state index is -3.31. The fourth-order valence-electron chi connectivity index (χ4n) is 1.94. The van der Waals surface area contributed by atoms with Gasteiger partial charge in [-0.25, -0.2) is 8.42 Å². The molecule has 1 aromatic rings. The molecular weight excluding hydrogens is 226 g/mol. The summed E-state index contributed by atoms with van der Waals surface area (Å²) in [4.78, 5) is 0.209. The van der Waals surface area contributed by atoms with Crippen molar-refractivity contribution in [2.24, 2.45) is 0 Å². The molecule has 2 rings (SSSR count). The molecule has 0 aliphatic carbocycles. The maximum Gasteiger partial charge on any atom is 0.182 e. The fraction of sp³-hybridized carbons (Fsp3) is 0.455. The summed E-state index contributed by atoms with van der Waals surface area (Å²) in [5.74, 6) is -0.00940.